The molecule has 0 spiro atoms. The summed E-state index contributed by atoms with van der Waals surface area (Å²) >= 11 is 1.47. The van der Waals surface area contributed by atoms with Crippen LogP contribution in [0.4, 0.5) is 8.78 Å². The van der Waals surface area contributed by atoms with Gasteiger partial charge in [-0.3, -0.25) is 24.3 Å². The van der Waals surface area contributed by atoms with Crippen molar-refractivity contribution >= 4 is 34.0 Å². The van der Waals surface area contributed by atoms with Crippen LogP contribution in [0, 0.1) is 11.6 Å². The van der Waals surface area contributed by atoms with Gasteiger partial charge in [0.15, 0.2) is 17.3 Å². The fourth-order valence-electron chi connectivity index (χ4n) is 5.98. The van der Waals surface area contributed by atoms with Crippen LogP contribution in [0.15, 0.2) is 55.1 Å². The third-order valence-corrected chi connectivity index (χ3v) is 8.50. The molecule has 0 saturated carbocycles. The van der Waals surface area contributed by atoms with Gasteiger partial charge in [-0.1, -0.05) is 18.4 Å². The fourth-order valence-corrected chi connectivity index (χ4v) is 6.29. The number of benzene rings is 1. The highest BCUT2D eigenvalue weighted by Gasteiger charge is 2.23. The zero-order valence-electron chi connectivity index (χ0n) is 24.4. The second kappa shape index (κ2) is 12.0. The lowest BCUT2D eigenvalue weighted by atomic mass is 10.0. The van der Waals surface area contributed by atoms with Crippen LogP contribution in [0.25, 0.3) is 56.0 Å². The number of rotatable bonds is 8. The molecule has 1 saturated heterocycles. The van der Waals surface area contributed by atoms with Crippen LogP contribution in [-0.4, -0.2) is 58.9 Å². The topological polar surface area (TPSA) is 100 Å². The van der Waals surface area contributed by atoms with Crippen molar-refractivity contribution in [3.8, 4) is 33.9 Å². The summed E-state index contributed by atoms with van der Waals surface area (Å²) in [7, 11) is 1.75. The van der Waals surface area contributed by atoms with E-state index in [2.05, 4.69) is 34.7 Å². The van der Waals surface area contributed by atoms with Gasteiger partial charge in [0.05, 0.1) is 22.6 Å². The minimum Gasteiger partial charge on any atom is -0.335 e. The average Bonchev–Trinajstić information content (AvgIpc) is 3.62. The average molecular weight is 612 g/mol. The zero-order chi connectivity index (χ0) is 30.2. The highest BCUT2D eigenvalue weighted by Crippen LogP contribution is 2.35. The quantitative estimate of drug-likeness (QED) is 0.194. The van der Waals surface area contributed by atoms with Crippen LogP contribution in [0.5, 0.6) is 0 Å². The number of aromatic amines is 1. The Morgan fingerprint density at radius 2 is 1.80 bits per heavy atom. The number of hydrogen-bond acceptors (Lipinski definition) is 8. The van der Waals surface area contributed by atoms with E-state index in [-0.39, 0.29) is 11.5 Å². The monoisotopic (exact) mass is 611 g/mol. The Hall–Kier alpha value is -4.26. The predicted molar refractivity (Wildman–Crippen MR) is 169 cm³/mol. The van der Waals surface area contributed by atoms with Crippen LogP contribution < -0.4 is 4.72 Å². The normalized spacial score (nSPS) is 14.2. The smallest absolute Gasteiger partial charge is 0.178 e. The Morgan fingerprint density at radius 3 is 2.64 bits per heavy atom. The SMILES string of the molecule is CSNCc1cc(F)cc(-c2ccnc3nc(-c4nn(C)c5cnc(-c6cncc(CN7CCCCC7)c6)c(F)c45)[nH]c23)c1. The lowest BCUT2D eigenvalue weighted by Crippen LogP contribution is -2.29. The third kappa shape index (κ3) is 5.44. The summed E-state index contributed by atoms with van der Waals surface area (Å²) in [6, 6.07) is 8.71. The van der Waals surface area contributed by atoms with Gasteiger partial charge in [0.25, 0.3) is 0 Å². The summed E-state index contributed by atoms with van der Waals surface area (Å²) in [5.41, 5.74) is 5.99. The van der Waals surface area contributed by atoms with Gasteiger partial charge in [0.2, 0.25) is 0 Å². The van der Waals surface area contributed by atoms with Crippen LogP contribution in [0.1, 0.15) is 30.4 Å². The molecule has 2 N–H and O–H groups in total. The van der Waals surface area contributed by atoms with Crippen molar-refractivity contribution in [3.05, 3.63) is 77.9 Å². The number of imidazole rings is 1. The van der Waals surface area contributed by atoms with Crippen molar-refractivity contribution in [2.24, 2.45) is 7.05 Å². The van der Waals surface area contributed by atoms with E-state index in [0.717, 1.165) is 36.3 Å². The molecule has 1 fully saturated rings. The van der Waals surface area contributed by atoms with E-state index in [0.29, 0.717) is 51.3 Å². The summed E-state index contributed by atoms with van der Waals surface area (Å²) in [6.07, 6.45) is 12.3. The van der Waals surface area contributed by atoms with Crippen molar-refractivity contribution in [2.75, 3.05) is 19.3 Å². The van der Waals surface area contributed by atoms with E-state index >= 15 is 4.39 Å². The summed E-state index contributed by atoms with van der Waals surface area (Å²) in [6.45, 7) is 3.41. The van der Waals surface area contributed by atoms with E-state index in [1.165, 1.54) is 43.3 Å². The van der Waals surface area contributed by atoms with E-state index in [9.17, 15) is 4.39 Å². The molecule has 224 valence electrons. The minimum absolute atomic E-state index is 0.209. The number of fused-ring (bicyclic) bond motifs is 2. The lowest BCUT2D eigenvalue weighted by Gasteiger charge is -2.26. The first-order valence-corrected chi connectivity index (χ1v) is 15.8. The van der Waals surface area contributed by atoms with Gasteiger partial charge in [-0.25, -0.2) is 18.7 Å². The number of nitrogens with zero attached hydrogens (tertiary/aromatic N) is 7. The van der Waals surface area contributed by atoms with E-state index in [1.807, 2.05) is 30.7 Å². The first kappa shape index (κ1) is 28.5. The number of halogens is 2. The molecule has 5 aromatic heterocycles. The molecule has 0 radical (unpaired) electrons. The van der Waals surface area contributed by atoms with Crippen LogP contribution in [0.3, 0.4) is 0 Å². The molecule has 0 amide bonds. The molecule has 6 aromatic rings. The highest BCUT2D eigenvalue weighted by molar-refractivity contribution is 7.96. The van der Waals surface area contributed by atoms with Crippen LogP contribution in [-0.2, 0) is 20.1 Å². The number of aryl methyl sites for hydroxylation is 1. The highest BCUT2D eigenvalue weighted by atomic mass is 32.2. The van der Waals surface area contributed by atoms with E-state index in [4.69, 9.17) is 4.98 Å². The van der Waals surface area contributed by atoms with Gasteiger partial charge in [0, 0.05) is 49.9 Å². The number of aromatic nitrogens is 7. The molecule has 12 heteroatoms. The Labute approximate surface area is 257 Å². The molecular formula is C32H31F2N9S. The maximum absolute atomic E-state index is 16.4. The third-order valence-electron chi connectivity index (χ3n) is 8.06. The number of likely N-dealkylation sites (tertiary alicyclic amines) is 1. The fraction of sp³-hybridized carbons (Fsp3) is 0.281. The summed E-state index contributed by atoms with van der Waals surface area (Å²) in [4.78, 5) is 23.8. The molecular weight excluding hydrogens is 580 g/mol. The van der Waals surface area contributed by atoms with Crippen molar-refractivity contribution < 1.29 is 8.78 Å². The molecule has 0 unspecified atom stereocenters. The Bertz CT molecular complexity index is 1980. The Morgan fingerprint density at radius 1 is 0.955 bits per heavy atom. The number of piperidine rings is 1. The number of pyridine rings is 3. The summed E-state index contributed by atoms with van der Waals surface area (Å²) < 4.78 is 35.8. The maximum atomic E-state index is 16.4. The number of hydrogen-bond donors (Lipinski definition) is 2. The van der Waals surface area contributed by atoms with Crippen molar-refractivity contribution in [3.63, 3.8) is 0 Å². The predicted octanol–water partition coefficient (Wildman–Crippen LogP) is 6.27. The summed E-state index contributed by atoms with van der Waals surface area (Å²) in [5.74, 6) is -0.469. The lowest BCUT2D eigenvalue weighted by molar-refractivity contribution is 0.220. The molecule has 9 nitrogen and oxygen atoms in total. The van der Waals surface area contributed by atoms with Gasteiger partial charge >= 0.3 is 0 Å². The molecule has 0 atom stereocenters. The second-order valence-electron chi connectivity index (χ2n) is 11.1. The van der Waals surface area contributed by atoms with Gasteiger partial charge in [-0.05, 0) is 79.2 Å². The molecule has 1 aliphatic heterocycles. The second-order valence-corrected chi connectivity index (χ2v) is 11.8. The van der Waals surface area contributed by atoms with E-state index in [1.54, 1.807) is 30.3 Å². The minimum atomic E-state index is -0.493. The maximum Gasteiger partial charge on any atom is 0.178 e. The Balaban J connectivity index is 1.29. The van der Waals surface area contributed by atoms with Gasteiger partial charge in [0.1, 0.15) is 17.2 Å². The molecule has 7 rings (SSSR count). The van der Waals surface area contributed by atoms with Crippen LogP contribution in [0.2, 0.25) is 0 Å². The number of nitrogens with one attached hydrogen (secondary N) is 2. The zero-order valence-corrected chi connectivity index (χ0v) is 25.3. The molecule has 0 bridgehead atoms. The largest absolute Gasteiger partial charge is 0.335 e. The molecule has 6 heterocycles. The molecule has 1 aromatic carbocycles. The summed E-state index contributed by atoms with van der Waals surface area (Å²) in [5, 5.41) is 4.93. The van der Waals surface area contributed by atoms with E-state index < -0.39 is 5.82 Å². The first-order valence-electron chi connectivity index (χ1n) is 14.6. The Kier molecular flexibility index (Phi) is 7.79. The standard InChI is InChI=1S/C32H31F2N9S/c1-42-25-17-37-28(22-11-20(14-35-16-22)18-43-8-4-3-5-9-43)27(34)26(25)30(41-42)32-39-29-24(6-7-36-31(29)40-32)21-10-19(15-38-44-2)12-23(33)13-21/h6-7,10-14,16-17,38H,3-5,8-9,15,18H2,1-2H3,(H,36,39,40). The van der Waals surface area contributed by atoms with Crippen molar-refractivity contribution in [1.29, 1.82) is 0 Å². The van der Waals surface area contributed by atoms with Gasteiger partial charge < -0.3 is 4.98 Å². The van der Waals surface area contributed by atoms with Gasteiger partial charge in [-0.2, -0.15) is 5.10 Å². The molecule has 44 heavy (non-hydrogen) atoms. The molecule has 1 aliphatic rings. The molecule has 0 aliphatic carbocycles. The van der Waals surface area contributed by atoms with Gasteiger partial charge in [-0.15, -0.1) is 0 Å². The van der Waals surface area contributed by atoms with Crippen molar-refractivity contribution in [2.45, 2.75) is 32.4 Å². The first-order chi connectivity index (χ1) is 21.5. The number of H-pyrrole nitrogens is 1. The van der Waals surface area contributed by atoms with Crippen LogP contribution >= 0.6 is 11.9 Å². The van der Waals surface area contributed by atoms with Crippen molar-refractivity contribution in [1.82, 2.24) is 44.3 Å².